The van der Waals surface area contributed by atoms with E-state index in [1.807, 2.05) is 0 Å². The van der Waals surface area contributed by atoms with Gasteiger partial charge in [-0.25, -0.2) is 0 Å². The van der Waals surface area contributed by atoms with Crippen LogP contribution in [0.1, 0.15) is 33.2 Å². The molecule has 0 aliphatic carbocycles. The van der Waals surface area contributed by atoms with Crippen LogP contribution in [0.15, 0.2) is 12.1 Å². The largest absolute Gasteiger partial charge is 0.298 e. The Morgan fingerprint density at radius 1 is 1.46 bits per heavy atom. The number of halogens is 1. The summed E-state index contributed by atoms with van der Waals surface area (Å²) in [7, 11) is 0. The van der Waals surface area contributed by atoms with Crippen LogP contribution in [0.2, 0.25) is 5.02 Å². The van der Waals surface area contributed by atoms with Crippen LogP contribution in [0.5, 0.6) is 0 Å². The lowest BCUT2D eigenvalue weighted by atomic mass is 10.0. The van der Waals surface area contributed by atoms with Crippen molar-refractivity contribution in [2.75, 3.05) is 0 Å². The van der Waals surface area contributed by atoms with Gasteiger partial charge in [0.1, 0.15) is 6.29 Å². The number of carbonyl (C=O) groups excluding carboxylic acids is 2. The first-order valence-electron chi connectivity index (χ1n) is 3.82. The third-order valence-corrected chi connectivity index (χ3v) is 2.29. The SMILES string of the molecule is CC(=O)c1cc(C=O)cc(C)c1Cl. The highest BCUT2D eigenvalue weighted by Gasteiger charge is 2.09. The molecule has 0 saturated carbocycles. The Kier molecular flexibility index (Phi) is 2.83. The first-order chi connectivity index (χ1) is 6.06. The second-order valence-electron chi connectivity index (χ2n) is 2.87. The van der Waals surface area contributed by atoms with Crippen molar-refractivity contribution >= 4 is 23.7 Å². The molecule has 68 valence electrons. The second kappa shape index (κ2) is 3.71. The van der Waals surface area contributed by atoms with Gasteiger partial charge in [-0.2, -0.15) is 0 Å². The molecule has 0 bridgehead atoms. The van der Waals surface area contributed by atoms with Gasteiger partial charge >= 0.3 is 0 Å². The summed E-state index contributed by atoms with van der Waals surface area (Å²) in [6, 6.07) is 3.16. The molecule has 0 saturated heterocycles. The minimum Gasteiger partial charge on any atom is -0.298 e. The number of carbonyl (C=O) groups is 2. The Hall–Kier alpha value is -1.15. The zero-order valence-electron chi connectivity index (χ0n) is 7.43. The molecule has 0 N–H and O–H groups in total. The van der Waals surface area contributed by atoms with E-state index < -0.39 is 0 Å². The molecular formula is C10H9ClO2. The summed E-state index contributed by atoms with van der Waals surface area (Å²) in [5.74, 6) is -0.128. The van der Waals surface area contributed by atoms with E-state index in [0.717, 1.165) is 5.56 Å². The van der Waals surface area contributed by atoms with E-state index in [9.17, 15) is 9.59 Å². The molecule has 0 aromatic heterocycles. The quantitative estimate of drug-likeness (QED) is 0.538. The van der Waals surface area contributed by atoms with Crippen molar-refractivity contribution in [3.8, 4) is 0 Å². The van der Waals surface area contributed by atoms with Crippen LogP contribution in [0, 0.1) is 6.92 Å². The summed E-state index contributed by atoms with van der Waals surface area (Å²) in [6.45, 7) is 3.19. The van der Waals surface area contributed by atoms with Crippen LogP contribution in [0.25, 0.3) is 0 Å². The van der Waals surface area contributed by atoms with Gasteiger partial charge < -0.3 is 0 Å². The molecular weight excluding hydrogens is 188 g/mol. The molecule has 2 nitrogen and oxygen atoms in total. The zero-order valence-corrected chi connectivity index (χ0v) is 8.18. The van der Waals surface area contributed by atoms with Crippen LogP contribution >= 0.6 is 11.6 Å². The average molecular weight is 197 g/mol. The van der Waals surface area contributed by atoms with Gasteiger partial charge in [0.15, 0.2) is 5.78 Å². The number of hydrogen-bond acceptors (Lipinski definition) is 2. The third kappa shape index (κ3) is 1.95. The van der Waals surface area contributed by atoms with Gasteiger partial charge in [0.25, 0.3) is 0 Å². The molecule has 0 aliphatic rings. The van der Waals surface area contributed by atoms with Crippen molar-refractivity contribution < 1.29 is 9.59 Å². The Labute approximate surface area is 81.5 Å². The first-order valence-corrected chi connectivity index (χ1v) is 4.20. The fraction of sp³-hybridized carbons (Fsp3) is 0.200. The van der Waals surface area contributed by atoms with Crippen LogP contribution < -0.4 is 0 Å². The molecule has 0 radical (unpaired) electrons. The molecule has 1 rings (SSSR count). The molecule has 1 aromatic carbocycles. The summed E-state index contributed by atoms with van der Waals surface area (Å²) >= 11 is 5.88. The van der Waals surface area contributed by atoms with E-state index in [0.29, 0.717) is 22.4 Å². The number of aldehydes is 1. The predicted molar refractivity (Wildman–Crippen MR) is 51.6 cm³/mol. The number of hydrogen-bond donors (Lipinski definition) is 0. The smallest absolute Gasteiger partial charge is 0.161 e. The Morgan fingerprint density at radius 3 is 2.54 bits per heavy atom. The lowest BCUT2D eigenvalue weighted by Gasteiger charge is -2.04. The molecule has 0 unspecified atom stereocenters. The fourth-order valence-corrected chi connectivity index (χ4v) is 1.36. The van der Waals surface area contributed by atoms with Gasteiger partial charge in [-0.1, -0.05) is 11.6 Å². The molecule has 0 spiro atoms. The van der Waals surface area contributed by atoms with Gasteiger partial charge in [0.2, 0.25) is 0 Å². The molecule has 0 aliphatic heterocycles. The molecule has 3 heteroatoms. The zero-order chi connectivity index (χ0) is 10.0. The molecule has 0 heterocycles. The molecule has 0 amide bonds. The van der Waals surface area contributed by atoms with Crippen molar-refractivity contribution in [1.29, 1.82) is 0 Å². The van der Waals surface area contributed by atoms with Crippen LogP contribution in [0.4, 0.5) is 0 Å². The van der Waals surface area contributed by atoms with Crippen LogP contribution in [-0.2, 0) is 0 Å². The summed E-state index contributed by atoms with van der Waals surface area (Å²) < 4.78 is 0. The summed E-state index contributed by atoms with van der Waals surface area (Å²) in [5, 5.41) is 0.429. The molecule has 0 fully saturated rings. The minimum absolute atomic E-state index is 0.128. The Balaban J connectivity index is 3.41. The highest BCUT2D eigenvalue weighted by Crippen LogP contribution is 2.22. The highest BCUT2D eigenvalue weighted by molar-refractivity contribution is 6.34. The number of rotatable bonds is 2. The van der Waals surface area contributed by atoms with Gasteiger partial charge in [0.05, 0.1) is 5.02 Å². The van der Waals surface area contributed by atoms with Crippen molar-refractivity contribution in [3.05, 3.63) is 33.8 Å². The maximum atomic E-state index is 11.1. The molecule has 13 heavy (non-hydrogen) atoms. The fourth-order valence-electron chi connectivity index (χ4n) is 1.12. The topological polar surface area (TPSA) is 34.1 Å². The van der Waals surface area contributed by atoms with Gasteiger partial charge in [0, 0.05) is 11.1 Å². The standard InChI is InChI=1S/C10H9ClO2/c1-6-3-8(5-12)4-9(7(2)13)10(6)11/h3-5H,1-2H3. The average Bonchev–Trinajstić information content (AvgIpc) is 2.09. The van der Waals surface area contributed by atoms with E-state index in [-0.39, 0.29) is 5.78 Å². The summed E-state index contributed by atoms with van der Waals surface area (Å²) in [6.07, 6.45) is 0.704. The lowest BCUT2D eigenvalue weighted by Crippen LogP contribution is -1.97. The summed E-state index contributed by atoms with van der Waals surface area (Å²) in [4.78, 5) is 21.6. The first kappa shape index (κ1) is 9.93. The van der Waals surface area contributed by atoms with Gasteiger partial charge in [-0.05, 0) is 31.5 Å². The molecule has 0 atom stereocenters. The van der Waals surface area contributed by atoms with Crippen molar-refractivity contribution in [2.45, 2.75) is 13.8 Å². The predicted octanol–water partition coefficient (Wildman–Crippen LogP) is 2.66. The lowest BCUT2D eigenvalue weighted by molar-refractivity contribution is 0.101. The van der Waals surface area contributed by atoms with E-state index >= 15 is 0 Å². The van der Waals surface area contributed by atoms with Crippen LogP contribution in [0.3, 0.4) is 0 Å². The van der Waals surface area contributed by atoms with E-state index in [4.69, 9.17) is 11.6 Å². The monoisotopic (exact) mass is 196 g/mol. The third-order valence-electron chi connectivity index (χ3n) is 1.79. The normalized spacial score (nSPS) is 9.77. The summed E-state index contributed by atoms with van der Waals surface area (Å²) in [5.41, 5.74) is 1.63. The number of aryl methyl sites for hydroxylation is 1. The molecule has 1 aromatic rings. The minimum atomic E-state index is -0.128. The highest BCUT2D eigenvalue weighted by atomic mass is 35.5. The van der Waals surface area contributed by atoms with Crippen molar-refractivity contribution in [1.82, 2.24) is 0 Å². The van der Waals surface area contributed by atoms with E-state index in [2.05, 4.69) is 0 Å². The second-order valence-corrected chi connectivity index (χ2v) is 3.25. The number of Topliss-reactive ketones (excluding diaryl/α,β-unsaturated/α-hetero) is 1. The van der Waals surface area contributed by atoms with Crippen LogP contribution in [-0.4, -0.2) is 12.1 Å². The maximum absolute atomic E-state index is 11.1. The van der Waals surface area contributed by atoms with Crippen molar-refractivity contribution in [2.24, 2.45) is 0 Å². The van der Waals surface area contributed by atoms with E-state index in [1.165, 1.54) is 13.0 Å². The number of ketones is 1. The maximum Gasteiger partial charge on any atom is 0.161 e. The van der Waals surface area contributed by atoms with Gasteiger partial charge in [-0.3, -0.25) is 9.59 Å². The Bertz CT molecular complexity index is 369. The van der Waals surface area contributed by atoms with E-state index in [1.54, 1.807) is 13.0 Å². The number of benzene rings is 1. The van der Waals surface area contributed by atoms with Gasteiger partial charge in [-0.15, -0.1) is 0 Å². The Morgan fingerprint density at radius 2 is 2.08 bits per heavy atom. The van der Waals surface area contributed by atoms with Crippen molar-refractivity contribution in [3.63, 3.8) is 0 Å².